The minimum atomic E-state index is -4.95. The van der Waals surface area contributed by atoms with Crippen LogP contribution < -0.4 is 5.32 Å². The molecule has 1 aromatic heterocycles. The molecular formula is C18H10F4N4O. The van der Waals surface area contributed by atoms with Crippen LogP contribution in [0.1, 0.15) is 21.6 Å². The third-order valence-electron chi connectivity index (χ3n) is 3.63. The number of amides is 1. The number of benzene rings is 2. The van der Waals surface area contributed by atoms with Gasteiger partial charge in [0.05, 0.1) is 23.4 Å². The molecule has 0 aliphatic heterocycles. The third kappa shape index (κ3) is 3.64. The summed E-state index contributed by atoms with van der Waals surface area (Å²) < 4.78 is 54.9. The molecule has 9 heteroatoms. The molecule has 0 bridgehead atoms. The second-order valence-corrected chi connectivity index (χ2v) is 5.41. The minimum absolute atomic E-state index is 0.200. The number of hydrogen-bond acceptors (Lipinski definition) is 3. The highest BCUT2D eigenvalue weighted by Gasteiger charge is 2.41. The van der Waals surface area contributed by atoms with Crippen LogP contribution in [-0.2, 0) is 6.18 Å². The molecule has 0 aliphatic rings. The summed E-state index contributed by atoms with van der Waals surface area (Å²) >= 11 is 0. The summed E-state index contributed by atoms with van der Waals surface area (Å²) in [7, 11) is 0. The van der Waals surface area contributed by atoms with Crippen molar-refractivity contribution < 1.29 is 22.4 Å². The van der Waals surface area contributed by atoms with Gasteiger partial charge in [-0.05, 0) is 36.4 Å². The van der Waals surface area contributed by atoms with Gasteiger partial charge in [0.1, 0.15) is 11.5 Å². The van der Waals surface area contributed by atoms with Gasteiger partial charge in [-0.2, -0.15) is 23.5 Å². The number of aromatic nitrogens is 2. The number of anilines is 1. The maximum Gasteiger partial charge on any atom is 0.434 e. The van der Waals surface area contributed by atoms with E-state index in [1.165, 1.54) is 36.4 Å². The Hall–Kier alpha value is -3.67. The highest BCUT2D eigenvalue weighted by atomic mass is 19.4. The highest BCUT2D eigenvalue weighted by Crippen LogP contribution is 2.34. The Kier molecular flexibility index (Phi) is 4.64. The molecule has 1 heterocycles. The van der Waals surface area contributed by atoms with Gasteiger partial charge in [-0.1, -0.05) is 12.1 Å². The molecular weight excluding hydrogens is 364 g/mol. The van der Waals surface area contributed by atoms with Crippen LogP contribution >= 0.6 is 0 Å². The van der Waals surface area contributed by atoms with Crippen LogP contribution in [0.5, 0.6) is 0 Å². The van der Waals surface area contributed by atoms with Crippen molar-refractivity contribution in [3.63, 3.8) is 0 Å². The maximum atomic E-state index is 13.9. The van der Waals surface area contributed by atoms with Gasteiger partial charge in [-0.15, -0.1) is 0 Å². The molecule has 0 radical (unpaired) electrons. The van der Waals surface area contributed by atoms with Crippen molar-refractivity contribution in [2.24, 2.45) is 0 Å². The summed E-state index contributed by atoms with van der Waals surface area (Å²) in [5, 5.41) is 14.6. The first-order valence-electron chi connectivity index (χ1n) is 7.53. The zero-order valence-corrected chi connectivity index (χ0v) is 13.5. The monoisotopic (exact) mass is 374 g/mol. The molecule has 136 valence electrons. The predicted molar refractivity (Wildman–Crippen MR) is 87.6 cm³/mol. The number of para-hydroxylation sites is 1. The Labute approximate surface area is 150 Å². The Balaban J connectivity index is 2.01. The van der Waals surface area contributed by atoms with E-state index in [0.717, 1.165) is 18.3 Å². The van der Waals surface area contributed by atoms with E-state index in [1.807, 2.05) is 6.07 Å². The van der Waals surface area contributed by atoms with Crippen molar-refractivity contribution in [2.75, 3.05) is 5.32 Å². The van der Waals surface area contributed by atoms with Crippen LogP contribution in [0.3, 0.4) is 0 Å². The molecule has 0 unspecified atom stereocenters. The summed E-state index contributed by atoms with van der Waals surface area (Å²) in [6.07, 6.45) is -4.22. The lowest BCUT2D eigenvalue weighted by Gasteiger charge is -2.13. The first-order chi connectivity index (χ1) is 12.8. The SMILES string of the molecule is N#Cc1ccc(NC(=O)c2cnn(-c3ccccc3F)c2C(F)(F)F)cc1. The van der Waals surface area contributed by atoms with Gasteiger partial charge < -0.3 is 5.32 Å². The van der Waals surface area contributed by atoms with Crippen LogP contribution in [0.4, 0.5) is 23.2 Å². The number of carbonyl (C=O) groups excluding carboxylic acids is 1. The van der Waals surface area contributed by atoms with Crippen molar-refractivity contribution in [3.05, 3.63) is 77.4 Å². The quantitative estimate of drug-likeness (QED) is 0.700. The second-order valence-electron chi connectivity index (χ2n) is 5.41. The summed E-state index contributed by atoms with van der Waals surface area (Å²) in [5.74, 6) is -1.97. The van der Waals surface area contributed by atoms with Crippen LogP contribution in [0.25, 0.3) is 5.69 Å². The largest absolute Gasteiger partial charge is 0.434 e. The van der Waals surface area contributed by atoms with Crippen molar-refractivity contribution in [1.29, 1.82) is 5.26 Å². The summed E-state index contributed by atoms with van der Waals surface area (Å²) in [6.45, 7) is 0. The Bertz CT molecular complexity index is 1030. The predicted octanol–water partition coefficient (Wildman–Crippen LogP) is 4.15. The molecule has 1 amide bonds. The van der Waals surface area contributed by atoms with Crippen molar-refractivity contribution in [2.45, 2.75) is 6.18 Å². The third-order valence-corrected chi connectivity index (χ3v) is 3.63. The number of nitrogens with zero attached hydrogens (tertiary/aromatic N) is 3. The van der Waals surface area contributed by atoms with Gasteiger partial charge in [0.15, 0.2) is 5.69 Å². The molecule has 0 saturated carbocycles. The number of halogens is 4. The van der Waals surface area contributed by atoms with E-state index in [1.54, 1.807) is 0 Å². The summed E-state index contributed by atoms with van der Waals surface area (Å²) in [5.41, 5.74) is -2.04. The van der Waals surface area contributed by atoms with Crippen LogP contribution in [0.15, 0.2) is 54.7 Å². The van der Waals surface area contributed by atoms with Crippen LogP contribution in [0.2, 0.25) is 0 Å². The van der Waals surface area contributed by atoms with Gasteiger partial charge in [-0.3, -0.25) is 4.79 Å². The van der Waals surface area contributed by atoms with Crippen molar-refractivity contribution >= 4 is 11.6 Å². The van der Waals surface area contributed by atoms with E-state index in [2.05, 4.69) is 10.4 Å². The van der Waals surface area contributed by atoms with Crippen LogP contribution in [-0.4, -0.2) is 15.7 Å². The minimum Gasteiger partial charge on any atom is -0.322 e. The molecule has 27 heavy (non-hydrogen) atoms. The van der Waals surface area contributed by atoms with Gasteiger partial charge >= 0.3 is 6.18 Å². The molecule has 5 nitrogen and oxygen atoms in total. The Morgan fingerprint density at radius 2 is 1.78 bits per heavy atom. The molecule has 3 aromatic rings. The number of nitrogens with one attached hydrogen (secondary N) is 1. The molecule has 0 fully saturated rings. The first-order valence-corrected chi connectivity index (χ1v) is 7.53. The van der Waals surface area contributed by atoms with E-state index in [0.29, 0.717) is 10.2 Å². The van der Waals surface area contributed by atoms with Crippen molar-refractivity contribution in [1.82, 2.24) is 9.78 Å². The topological polar surface area (TPSA) is 70.7 Å². The lowest BCUT2D eigenvalue weighted by atomic mass is 10.2. The molecule has 0 aliphatic carbocycles. The normalized spacial score (nSPS) is 11.1. The Morgan fingerprint density at radius 1 is 1.11 bits per heavy atom. The van der Waals surface area contributed by atoms with E-state index in [-0.39, 0.29) is 5.69 Å². The average Bonchev–Trinajstić information content (AvgIpc) is 3.08. The molecule has 2 aromatic carbocycles. The van der Waals surface area contributed by atoms with E-state index in [9.17, 15) is 22.4 Å². The average molecular weight is 374 g/mol. The number of alkyl halides is 3. The number of carbonyl (C=O) groups is 1. The lowest BCUT2D eigenvalue weighted by Crippen LogP contribution is -2.21. The molecule has 3 rings (SSSR count). The fourth-order valence-corrected chi connectivity index (χ4v) is 2.42. The van der Waals surface area contributed by atoms with Gasteiger partial charge in [0.2, 0.25) is 0 Å². The lowest BCUT2D eigenvalue weighted by molar-refractivity contribution is -0.143. The number of rotatable bonds is 3. The summed E-state index contributed by atoms with van der Waals surface area (Å²) in [6, 6.07) is 12.3. The van der Waals surface area contributed by atoms with E-state index in [4.69, 9.17) is 5.26 Å². The number of nitriles is 1. The molecule has 0 saturated heterocycles. The smallest absolute Gasteiger partial charge is 0.322 e. The standard InChI is InChI=1S/C18H10F4N4O/c19-14-3-1-2-4-15(14)26-16(18(20,21)22)13(10-24-26)17(27)25-12-7-5-11(9-23)6-8-12/h1-8,10H,(H,25,27). The maximum absolute atomic E-state index is 13.9. The number of hydrogen-bond donors (Lipinski definition) is 1. The zero-order valence-electron chi connectivity index (χ0n) is 13.5. The Morgan fingerprint density at radius 3 is 2.37 bits per heavy atom. The molecule has 1 N–H and O–H groups in total. The zero-order chi connectivity index (χ0) is 19.6. The van der Waals surface area contributed by atoms with Crippen LogP contribution in [0, 0.1) is 17.1 Å². The van der Waals surface area contributed by atoms with Gasteiger partial charge in [0.25, 0.3) is 5.91 Å². The van der Waals surface area contributed by atoms with Gasteiger partial charge in [0, 0.05) is 5.69 Å². The fourth-order valence-electron chi connectivity index (χ4n) is 2.42. The van der Waals surface area contributed by atoms with E-state index < -0.39 is 34.8 Å². The molecule has 0 spiro atoms. The first kappa shape index (κ1) is 18.1. The fraction of sp³-hybridized carbons (Fsp3) is 0.0556. The van der Waals surface area contributed by atoms with Gasteiger partial charge in [-0.25, -0.2) is 9.07 Å². The van der Waals surface area contributed by atoms with Crippen molar-refractivity contribution in [3.8, 4) is 11.8 Å². The molecule has 0 atom stereocenters. The van der Waals surface area contributed by atoms with E-state index >= 15 is 0 Å². The highest BCUT2D eigenvalue weighted by molar-refractivity contribution is 6.05. The summed E-state index contributed by atoms with van der Waals surface area (Å²) in [4.78, 5) is 12.3. The second kappa shape index (κ2) is 6.92.